The molecule has 5 heteroatoms. The Hall–Kier alpha value is -2.17. The van der Waals surface area contributed by atoms with Crippen LogP contribution in [0.15, 0.2) is 29.3 Å². The molecule has 0 saturated heterocycles. The second-order valence-electron chi connectivity index (χ2n) is 4.20. The first-order valence-electron chi connectivity index (χ1n) is 5.74. The number of hydrogen-bond acceptors (Lipinski definition) is 3. The van der Waals surface area contributed by atoms with Crippen molar-refractivity contribution in [3.63, 3.8) is 0 Å². The van der Waals surface area contributed by atoms with E-state index in [4.69, 9.17) is 5.11 Å². The molecule has 1 aliphatic rings. The van der Waals surface area contributed by atoms with E-state index in [1.165, 1.54) is 0 Å². The van der Waals surface area contributed by atoms with Crippen molar-refractivity contribution in [1.29, 1.82) is 0 Å². The molecule has 1 amide bonds. The largest absolute Gasteiger partial charge is 0.481 e. The van der Waals surface area contributed by atoms with Gasteiger partial charge in [0.15, 0.2) is 0 Å². The number of nitrogens with one attached hydrogen (secondary N) is 1. The summed E-state index contributed by atoms with van der Waals surface area (Å²) in [6.07, 6.45) is 0.151. The number of aliphatic carboxylic acids is 1. The maximum absolute atomic E-state index is 11.9. The van der Waals surface area contributed by atoms with Gasteiger partial charge in [-0.1, -0.05) is 18.2 Å². The summed E-state index contributed by atoms with van der Waals surface area (Å²) >= 11 is 0. The number of carbonyl (C=O) groups is 2. The van der Waals surface area contributed by atoms with Gasteiger partial charge in [0.1, 0.15) is 6.04 Å². The average molecular weight is 246 g/mol. The van der Waals surface area contributed by atoms with Crippen molar-refractivity contribution in [2.75, 3.05) is 5.32 Å². The molecule has 94 valence electrons. The predicted molar refractivity (Wildman–Crippen MR) is 67.9 cm³/mol. The van der Waals surface area contributed by atoms with E-state index in [-0.39, 0.29) is 18.7 Å². The quantitative estimate of drug-likeness (QED) is 0.851. The van der Waals surface area contributed by atoms with E-state index in [1.54, 1.807) is 0 Å². The van der Waals surface area contributed by atoms with Gasteiger partial charge in [0.25, 0.3) is 0 Å². The highest BCUT2D eigenvalue weighted by molar-refractivity contribution is 6.10. The van der Waals surface area contributed by atoms with Crippen LogP contribution in [0.5, 0.6) is 0 Å². The van der Waals surface area contributed by atoms with E-state index in [0.29, 0.717) is 0 Å². The highest BCUT2D eigenvalue weighted by Gasteiger charge is 2.23. The summed E-state index contributed by atoms with van der Waals surface area (Å²) < 4.78 is 0. The van der Waals surface area contributed by atoms with Gasteiger partial charge in [-0.3, -0.25) is 14.6 Å². The van der Waals surface area contributed by atoms with Gasteiger partial charge >= 0.3 is 5.97 Å². The molecule has 1 aromatic rings. The van der Waals surface area contributed by atoms with Gasteiger partial charge in [0.2, 0.25) is 5.91 Å². The molecule has 1 aromatic carbocycles. The highest BCUT2D eigenvalue weighted by atomic mass is 16.4. The van der Waals surface area contributed by atoms with Crippen molar-refractivity contribution in [1.82, 2.24) is 0 Å². The Kier molecular flexibility index (Phi) is 3.41. The minimum atomic E-state index is -0.919. The van der Waals surface area contributed by atoms with Crippen LogP contribution in [0.4, 0.5) is 5.69 Å². The third-order valence-corrected chi connectivity index (χ3v) is 2.86. The zero-order valence-electron chi connectivity index (χ0n) is 10.0. The van der Waals surface area contributed by atoms with Crippen molar-refractivity contribution >= 4 is 23.3 Å². The van der Waals surface area contributed by atoms with E-state index in [9.17, 15) is 9.59 Å². The van der Waals surface area contributed by atoms with Gasteiger partial charge in [-0.2, -0.15) is 0 Å². The summed E-state index contributed by atoms with van der Waals surface area (Å²) in [6, 6.07) is 6.78. The number of amides is 1. The summed E-state index contributed by atoms with van der Waals surface area (Å²) in [5.74, 6) is -1.17. The van der Waals surface area contributed by atoms with Crippen molar-refractivity contribution in [2.45, 2.75) is 25.8 Å². The summed E-state index contributed by atoms with van der Waals surface area (Å²) in [5, 5.41) is 11.4. The zero-order chi connectivity index (χ0) is 13.1. The van der Waals surface area contributed by atoms with Gasteiger partial charge < -0.3 is 10.4 Å². The molecule has 0 unspecified atom stereocenters. The topological polar surface area (TPSA) is 78.8 Å². The van der Waals surface area contributed by atoms with Gasteiger partial charge in [0, 0.05) is 23.4 Å². The Morgan fingerprint density at radius 3 is 2.89 bits per heavy atom. The third-order valence-electron chi connectivity index (χ3n) is 2.86. The maximum Gasteiger partial charge on any atom is 0.303 e. The van der Waals surface area contributed by atoms with E-state index >= 15 is 0 Å². The first-order valence-corrected chi connectivity index (χ1v) is 5.74. The number of aliphatic imine (C=N–C) groups is 1. The Bertz CT molecular complexity index is 523. The number of carboxylic acids is 1. The first kappa shape index (κ1) is 12.3. The number of hydrogen-bond donors (Lipinski definition) is 2. The second kappa shape index (κ2) is 5.00. The molecule has 5 nitrogen and oxygen atoms in total. The number of fused-ring (bicyclic) bond motifs is 1. The first-order chi connectivity index (χ1) is 8.58. The Morgan fingerprint density at radius 2 is 2.17 bits per heavy atom. The number of para-hydroxylation sites is 1. The fourth-order valence-corrected chi connectivity index (χ4v) is 1.94. The zero-order valence-corrected chi connectivity index (χ0v) is 10.0. The Morgan fingerprint density at radius 1 is 1.44 bits per heavy atom. The van der Waals surface area contributed by atoms with Gasteiger partial charge in [-0.25, -0.2) is 0 Å². The molecule has 18 heavy (non-hydrogen) atoms. The van der Waals surface area contributed by atoms with Crippen molar-refractivity contribution in [3.05, 3.63) is 29.8 Å². The molecule has 0 radical (unpaired) electrons. The summed E-state index contributed by atoms with van der Waals surface area (Å²) in [5.41, 5.74) is 2.35. The van der Waals surface area contributed by atoms with E-state index in [0.717, 1.165) is 17.0 Å². The van der Waals surface area contributed by atoms with Crippen LogP contribution >= 0.6 is 0 Å². The number of carbonyl (C=O) groups excluding carboxylic acids is 1. The minimum Gasteiger partial charge on any atom is -0.481 e. The molecule has 0 aromatic heterocycles. The molecule has 1 atom stereocenters. The van der Waals surface area contributed by atoms with E-state index in [1.807, 2.05) is 31.2 Å². The van der Waals surface area contributed by atoms with E-state index < -0.39 is 12.0 Å². The van der Waals surface area contributed by atoms with Crippen molar-refractivity contribution in [2.24, 2.45) is 4.99 Å². The average Bonchev–Trinajstić information content (AvgIpc) is 2.45. The SMILES string of the molecule is CC1=N[C@@H](CCC(=O)O)C(=O)Nc2ccccc21. The van der Waals surface area contributed by atoms with Crippen molar-refractivity contribution in [3.8, 4) is 0 Å². The van der Waals surface area contributed by atoms with Crippen LogP contribution in [0, 0.1) is 0 Å². The molecular formula is C13H14N2O3. The fourth-order valence-electron chi connectivity index (χ4n) is 1.94. The van der Waals surface area contributed by atoms with Crippen LogP contribution in [0.1, 0.15) is 25.3 Å². The monoisotopic (exact) mass is 246 g/mol. The minimum absolute atomic E-state index is 0.0643. The number of carboxylic acid groups (broad SMARTS) is 1. The van der Waals surface area contributed by atoms with Crippen LogP contribution in [-0.2, 0) is 9.59 Å². The highest BCUT2D eigenvalue weighted by Crippen LogP contribution is 2.21. The van der Waals surface area contributed by atoms with E-state index in [2.05, 4.69) is 10.3 Å². The lowest BCUT2D eigenvalue weighted by Crippen LogP contribution is -2.26. The lowest BCUT2D eigenvalue weighted by Gasteiger charge is -2.09. The normalized spacial score (nSPS) is 18.4. The van der Waals surface area contributed by atoms with Crippen LogP contribution in [0.25, 0.3) is 0 Å². The maximum atomic E-state index is 11.9. The molecule has 2 rings (SSSR count). The molecule has 0 aliphatic carbocycles. The molecule has 1 heterocycles. The summed E-state index contributed by atoms with van der Waals surface area (Å²) in [4.78, 5) is 26.8. The summed E-state index contributed by atoms with van der Waals surface area (Å²) in [7, 11) is 0. The lowest BCUT2D eigenvalue weighted by atomic mass is 10.1. The molecule has 0 spiro atoms. The lowest BCUT2D eigenvalue weighted by molar-refractivity contribution is -0.137. The number of anilines is 1. The Balaban J connectivity index is 2.26. The molecule has 0 fully saturated rings. The Labute approximate surface area is 105 Å². The smallest absolute Gasteiger partial charge is 0.303 e. The number of benzene rings is 1. The number of benzodiazepines with no additional fused rings is 1. The predicted octanol–water partition coefficient (Wildman–Crippen LogP) is 1.68. The van der Waals surface area contributed by atoms with Gasteiger partial charge in [0.05, 0.1) is 0 Å². The standard InChI is InChI=1S/C13H14N2O3/c1-8-9-4-2-3-5-10(9)15-13(18)11(14-8)6-7-12(16)17/h2-5,11H,6-7H2,1H3,(H,15,18)(H,16,17)/t11-/m0/s1. The molecule has 0 bridgehead atoms. The fraction of sp³-hybridized carbons (Fsp3) is 0.308. The number of nitrogens with zero attached hydrogens (tertiary/aromatic N) is 1. The summed E-state index contributed by atoms with van der Waals surface area (Å²) in [6.45, 7) is 1.83. The second-order valence-corrected chi connectivity index (χ2v) is 4.20. The van der Waals surface area contributed by atoms with Gasteiger partial charge in [-0.15, -0.1) is 0 Å². The van der Waals surface area contributed by atoms with Crippen LogP contribution in [0.2, 0.25) is 0 Å². The molecule has 2 N–H and O–H groups in total. The molecule has 0 saturated carbocycles. The third kappa shape index (κ3) is 2.56. The van der Waals surface area contributed by atoms with Crippen LogP contribution in [0.3, 0.4) is 0 Å². The van der Waals surface area contributed by atoms with Crippen LogP contribution in [-0.4, -0.2) is 28.7 Å². The molecular weight excluding hydrogens is 232 g/mol. The van der Waals surface area contributed by atoms with Gasteiger partial charge in [-0.05, 0) is 19.4 Å². The molecule has 1 aliphatic heterocycles. The van der Waals surface area contributed by atoms with Crippen molar-refractivity contribution < 1.29 is 14.7 Å². The number of rotatable bonds is 3. The van der Waals surface area contributed by atoms with Crippen LogP contribution < -0.4 is 5.32 Å².